The molecule has 0 atom stereocenters. The summed E-state index contributed by atoms with van der Waals surface area (Å²) in [6, 6.07) is 11.0. The smallest absolute Gasteiger partial charge is 0.252 e. The number of hydrogen-bond donors (Lipinski definition) is 2. The van der Waals surface area contributed by atoms with Crippen molar-refractivity contribution in [2.75, 3.05) is 11.9 Å². The van der Waals surface area contributed by atoms with Crippen molar-refractivity contribution in [1.29, 1.82) is 0 Å². The van der Waals surface area contributed by atoms with E-state index in [0.717, 1.165) is 5.56 Å². The molecule has 140 valence electrons. The summed E-state index contributed by atoms with van der Waals surface area (Å²) in [5, 5.41) is 14.2. The van der Waals surface area contributed by atoms with Gasteiger partial charge in [0.25, 0.3) is 5.91 Å². The summed E-state index contributed by atoms with van der Waals surface area (Å²) >= 11 is 7.37. The Morgan fingerprint density at radius 1 is 1.15 bits per heavy atom. The number of hydrogen-bond acceptors (Lipinski definition) is 4. The average Bonchev–Trinajstić information content (AvgIpc) is 3.33. The number of rotatable bonds is 8. The molecule has 0 saturated carbocycles. The van der Waals surface area contributed by atoms with Crippen LogP contribution in [0.15, 0.2) is 53.4 Å². The van der Waals surface area contributed by atoms with Crippen LogP contribution in [0.3, 0.4) is 0 Å². The van der Waals surface area contributed by atoms with E-state index in [0.29, 0.717) is 42.3 Å². The number of nitrogens with zero attached hydrogens (tertiary/aromatic N) is 2. The first-order valence-electron chi connectivity index (χ1n) is 8.48. The molecule has 0 radical (unpaired) electrons. The summed E-state index contributed by atoms with van der Waals surface area (Å²) in [6.07, 6.45) is 2.52. The predicted molar refractivity (Wildman–Crippen MR) is 107 cm³/mol. The van der Waals surface area contributed by atoms with Crippen molar-refractivity contribution in [3.8, 4) is 0 Å². The SMILES string of the molecule is O=C(CCCNC(=O)c1ccsc1)Nc1ccnn1Cc1ccc(Cl)cc1. The largest absolute Gasteiger partial charge is 0.352 e. The highest BCUT2D eigenvalue weighted by atomic mass is 35.5. The monoisotopic (exact) mass is 402 g/mol. The number of aromatic nitrogens is 2. The van der Waals surface area contributed by atoms with Crippen LogP contribution >= 0.6 is 22.9 Å². The third kappa shape index (κ3) is 5.67. The molecule has 2 amide bonds. The van der Waals surface area contributed by atoms with Gasteiger partial charge in [0.2, 0.25) is 5.91 Å². The fourth-order valence-corrected chi connectivity index (χ4v) is 3.24. The molecular formula is C19H19ClN4O2S. The van der Waals surface area contributed by atoms with Gasteiger partial charge < -0.3 is 10.6 Å². The van der Waals surface area contributed by atoms with Crippen molar-refractivity contribution in [3.63, 3.8) is 0 Å². The summed E-state index contributed by atoms with van der Waals surface area (Å²) in [4.78, 5) is 24.0. The van der Waals surface area contributed by atoms with E-state index in [1.165, 1.54) is 11.3 Å². The Morgan fingerprint density at radius 2 is 1.96 bits per heavy atom. The number of anilines is 1. The Hall–Kier alpha value is -2.64. The van der Waals surface area contributed by atoms with Gasteiger partial charge in [0.05, 0.1) is 12.7 Å². The maximum absolute atomic E-state index is 12.2. The van der Waals surface area contributed by atoms with E-state index in [4.69, 9.17) is 11.6 Å². The molecule has 6 nitrogen and oxygen atoms in total. The fourth-order valence-electron chi connectivity index (χ4n) is 2.48. The number of amides is 2. The van der Waals surface area contributed by atoms with Gasteiger partial charge in [-0.25, -0.2) is 4.68 Å². The molecule has 3 aromatic rings. The maximum Gasteiger partial charge on any atom is 0.252 e. The van der Waals surface area contributed by atoms with Crippen LogP contribution in [0, 0.1) is 0 Å². The van der Waals surface area contributed by atoms with Crippen LogP contribution in [0.5, 0.6) is 0 Å². The lowest BCUT2D eigenvalue weighted by Crippen LogP contribution is -2.25. The molecule has 0 fully saturated rings. The van der Waals surface area contributed by atoms with E-state index in [-0.39, 0.29) is 11.8 Å². The van der Waals surface area contributed by atoms with Crippen LogP contribution in [0.4, 0.5) is 5.82 Å². The second-order valence-electron chi connectivity index (χ2n) is 5.92. The third-order valence-corrected chi connectivity index (χ3v) is 4.81. The minimum atomic E-state index is -0.113. The predicted octanol–water partition coefficient (Wildman–Crippen LogP) is 3.80. The van der Waals surface area contributed by atoms with Crippen LogP contribution in [0.1, 0.15) is 28.8 Å². The highest BCUT2D eigenvalue weighted by Gasteiger charge is 2.09. The molecule has 0 aliphatic rings. The van der Waals surface area contributed by atoms with Gasteiger partial charge in [0.1, 0.15) is 5.82 Å². The Bertz CT molecular complexity index is 891. The summed E-state index contributed by atoms with van der Waals surface area (Å²) in [6.45, 7) is 0.989. The van der Waals surface area contributed by atoms with Crippen molar-refractivity contribution in [2.24, 2.45) is 0 Å². The summed E-state index contributed by atoms with van der Waals surface area (Å²) in [5.74, 6) is 0.410. The molecule has 2 N–H and O–H groups in total. The second kappa shape index (κ2) is 9.34. The van der Waals surface area contributed by atoms with E-state index in [2.05, 4.69) is 15.7 Å². The average molecular weight is 403 g/mol. The molecular weight excluding hydrogens is 384 g/mol. The van der Waals surface area contributed by atoms with Crippen molar-refractivity contribution in [2.45, 2.75) is 19.4 Å². The summed E-state index contributed by atoms with van der Waals surface area (Å²) in [7, 11) is 0. The number of carbonyl (C=O) groups excluding carboxylic acids is 2. The van der Waals surface area contributed by atoms with Crippen molar-refractivity contribution >= 4 is 40.6 Å². The Labute approximate surface area is 166 Å². The molecule has 1 aromatic carbocycles. The second-order valence-corrected chi connectivity index (χ2v) is 7.14. The highest BCUT2D eigenvalue weighted by Crippen LogP contribution is 2.14. The van der Waals surface area contributed by atoms with E-state index in [1.807, 2.05) is 29.6 Å². The molecule has 0 spiro atoms. The minimum absolute atomic E-state index is 0.113. The molecule has 0 aliphatic carbocycles. The zero-order valence-corrected chi connectivity index (χ0v) is 16.1. The van der Waals surface area contributed by atoms with Crippen LogP contribution < -0.4 is 10.6 Å². The quantitative estimate of drug-likeness (QED) is 0.563. The molecule has 27 heavy (non-hydrogen) atoms. The number of nitrogens with one attached hydrogen (secondary N) is 2. The fraction of sp³-hybridized carbons (Fsp3) is 0.211. The zero-order valence-electron chi connectivity index (χ0n) is 14.5. The van der Waals surface area contributed by atoms with Crippen LogP contribution in [0.2, 0.25) is 5.02 Å². The van der Waals surface area contributed by atoms with Gasteiger partial charge in [-0.3, -0.25) is 9.59 Å². The van der Waals surface area contributed by atoms with Gasteiger partial charge >= 0.3 is 0 Å². The lowest BCUT2D eigenvalue weighted by atomic mass is 10.2. The van der Waals surface area contributed by atoms with Gasteiger partial charge in [-0.1, -0.05) is 23.7 Å². The highest BCUT2D eigenvalue weighted by molar-refractivity contribution is 7.08. The van der Waals surface area contributed by atoms with E-state index >= 15 is 0 Å². The van der Waals surface area contributed by atoms with Crippen molar-refractivity contribution in [3.05, 3.63) is 69.5 Å². The molecule has 3 rings (SSSR count). The van der Waals surface area contributed by atoms with Gasteiger partial charge in [-0.2, -0.15) is 16.4 Å². The first-order chi connectivity index (χ1) is 13.1. The number of benzene rings is 1. The lowest BCUT2D eigenvalue weighted by Gasteiger charge is -2.09. The number of thiophene rings is 1. The normalized spacial score (nSPS) is 10.6. The molecule has 8 heteroatoms. The number of halogens is 1. The van der Waals surface area contributed by atoms with Crippen LogP contribution in [0.25, 0.3) is 0 Å². The van der Waals surface area contributed by atoms with Gasteiger partial charge in [-0.05, 0) is 35.6 Å². The molecule has 0 bridgehead atoms. The number of carbonyl (C=O) groups is 2. The van der Waals surface area contributed by atoms with Crippen molar-refractivity contribution in [1.82, 2.24) is 15.1 Å². The van der Waals surface area contributed by atoms with Gasteiger partial charge in [-0.15, -0.1) is 0 Å². The molecule has 0 aliphatic heterocycles. The van der Waals surface area contributed by atoms with Crippen LogP contribution in [-0.2, 0) is 11.3 Å². The Kier molecular flexibility index (Phi) is 6.62. The van der Waals surface area contributed by atoms with E-state index < -0.39 is 0 Å². The Morgan fingerprint density at radius 3 is 2.70 bits per heavy atom. The summed E-state index contributed by atoms with van der Waals surface area (Å²) in [5.41, 5.74) is 1.69. The van der Waals surface area contributed by atoms with E-state index in [1.54, 1.807) is 28.4 Å². The minimum Gasteiger partial charge on any atom is -0.352 e. The molecule has 0 unspecified atom stereocenters. The molecule has 2 aromatic heterocycles. The van der Waals surface area contributed by atoms with E-state index in [9.17, 15) is 9.59 Å². The zero-order chi connectivity index (χ0) is 19.1. The first kappa shape index (κ1) is 19.1. The van der Waals surface area contributed by atoms with Gasteiger partial charge in [0, 0.05) is 35.0 Å². The van der Waals surface area contributed by atoms with Gasteiger partial charge in [0.15, 0.2) is 0 Å². The molecule has 0 saturated heterocycles. The van der Waals surface area contributed by atoms with Crippen LogP contribution in [-0.4, -0.2) is 28.1 Å². The topological polar surface area (TPSA) is 76.0 Å². The molecule has 2 heterocycles. The first-order valence-corrected chi connectivity index (χ1v) is 9.80. The standard InChI is InChI=1S/C19H19ClN4O2S/c20-16-5-3-14(4-6-16)12-24-17(7-10-22-24)23-18(25)2-1-9-21-19(26)15-8-11-27-13-15/h3-8,10-11,13H,1-2,9,12H2,(H,21,26)(H,23,25). The Balaban J connectivity index is 1.44. The third-order valence-electron chi connectivity index (χ3n) is 3.88. The van der Waals surface area contributed by atoms with Crippen molar-refractivity contribution < 1.29 is 9.59 Å². The summed E-state index contributed by atoms with van der Waals surface area (Å²) < 4.78 is 1.72. The maximum atomic E-state index is 12.2. The lowest BCUT2D eigenvalue weighted by molar-refractivity contribution is -0.116.